The van der Waals surface area contributed by atoms with E-state index >= 15 is 0 Å². The van der Waals surface area contributed by atoms with Crippen molar-refractivity contribution in [3.8, 4) is 0 Å². The first-order chi connectivity index (χ1) is 8.25. The number of hydrogen-bond acceptors (Lipinski definition) is 2. The number of hydrogen-bond donors (Lipinski definition) is 1. The Morgan fingerprint density at radius 3 is 2.94 bits per heavy atom. The fourth-order valence-corrected chi connectivity index (χ4v) is 2.44. The second-order valence-electron chi connectivity index (χ2n) is 4.74. The van der Waals surface area contributed by atoms with Crippen LogP contribution in [-0.2, 0) is 0 Å². The number of nitrogens with one attached hydrogen (secondary N) is 1. The summed E-state index contributed by atoms with van der Waals surface area (Å²) in [7, 11) is 0. The van der Waals surface area contributed by atoms with Gasteiger partial charge in [0.15, 0.2) is 0 Å². The third-order valence-electron chi connectivity index (χ3n) is 3.61. The van der Waals surface area contributed by atoms with E-state index in [2.05, 4.69) is 47.1 Å². The van der Waals surface area contributed by atoms with Crippen molar-refractivity contribution in [2.24, 2.45) is 0 Å². The molecule has 1 unspecified atom stereocenters. The molecule has 0 saturated carbocycles. The molecule has 2 aromatic rings. The van der Waals surface area contributed by atoms with Crippen LogP contribution in [0.25, 0.3) is 0 Å². The first-order valence-electron chi connectivity index (χ1n) is 6.10. The number of aromatic nitrogens is 2. The summed E-state index contributed by atoms with van der Waals surface area (Å²) in [6.45, 7) is 5.34. The quantitative estimate of drug-likeness (QED) is 0.811. The minimum atomic E-state index is 0.376. The van der Waals surface area contributed by atoms with Gasteiger partial charge in [0.05, 0.1) is 12.2 Å². The maximum absolute atomic E-state index is 4.42. The zero-order valence-corrected chi connectivity index (χ0v) is 10.3. The van der Waals surface area contributed by atoms with Crippen molar-refractivity contribution in [2.45, 2.75) is 26.3 Å². The van der Waals surface area contributed by atoms with Crippen LogP contribution in [0.1, 0.15) is 29.2 Å². The van der Waals surface area contributed by atoms with E-state index in [1.165, 1.54) is 16.7 Å². The Labute approximate surface area is 101 Å². The van der Waals surface area contributed by atoms with Crippen LogP contribution in [0.2, 0.25) is 0 Å². The summed E-state index contributed by atoms with van der Waals surface area (Å²) < 4.78 is 2.09. The first-order valence-corrected chi connectivity index (χ1v) is 6.10. The third-order valence-corrected chi connectivity index (χ3v) is 3.61. The zero-order chi connectivity index (χ0) is 11.8. The Morgan fingerprint density at radius 2 is 2.12 bits per heavy atom. The SMILES string of the molecule is Cc1ccc(C2CCNc3ccnn32)cc1C. The highest BCUT2D eigenvalue weighted by molar-refractivity contribution is 5.40. The van der Waals surface area contributed by atoms with Crippen molar-refractivity contribution < 1.29 is 0 Å². The second kappa shape index (κ2) is 3.91. The monoisotopic (exact) mass is 227 g/mol. The van der Waals surface area contributed by atoms with Gasteiger partial charge in [-0.2, -0.15) is 5.10 Å². The summed E-state index contributed by atoms with van der Waals surface area (Å²) in [5.74, 6) is 1.12. The summed E-state index contributed by atoms with van der Waals surface area (Å²) in [6.07, 6.45) is 2.96. The standard InChI is InChI=1S/C14H17N3/c1-10-3-4-12(9-11(10)2)13-5-7-15-14-6-8-16-17(13)14/h3-4,6,8-9,13,15H,5,7H2,1-2H3. The predicted molar refractivity (Wildman–Crippen MR) is 69.4 cm³/mol. The van der Waals surface area contributed by atoms with Gasteiger partial charge in [-0.15, -0.1) is 0 Å². The summed E-state index contributed by atoms with van der Waals surface area (Å²) >= 11 is 0. The molecule has 1 aromatic carbocycles. The summed E-state index contributed by atoms with van der Waals surface area (Å²) in [4.78, 5) is 0. The molecule has 1 atom stereocenters. The number of aryl methyl sites for hydroxylation is 2. The number of rotatable bonds is 1. The average Bonchev–Trinajstić information content (AvgIpc) is 2.80. The molecule has 3 nitrogen and oxygen atoms in total. The van der Waals surface area contributed by atoms with Gasteiger partial charge in [-0.3, -0.25) is 0 Å². The zero-order valence-electron chi connectivity index (χ0n) is 10.3. The van der Waals surface area contributed by atoms with Crippen LogP contribution < -0.4 is 5.32 Å². The molecule has 0 fully saturated rings. The lowest BCUT2D eigenvalue weighted by Crippen LogP contribution is -2.24. The highest BCUT2D eigenvalue weighted by atomic mass is 15.4. The van der Waals surface area contributed by atoms with E-state index in [1.807, 2.05) is 12.3 Å². The molecule has 0 amide bonds. The van der Waals surface area contributed by atoms with Gasteiger partial charge in [0.25, 0.3) is 0 Å². The smallest absolute Gasteiger partial charge is 0.124 e. The Kier molecular flexibility index (Phi) is 2.39. The van der Waals surface area contributed by atoms with E-state index in [1.54, 1.807) is 0 Å². The first kappa shape index (κ1) is 10.4. The van der Waals surface area contributed by atoms with E-state index in [0.29, 0.717) is 6.04 Å². The lowest BCUT2D eigenvalue weighted by atomic mass is 9.98. The van der Waals surface area contributed by atoms with E-state index in [0.717, 1.165) is 18.8 Å². The molecule has 0 spiro atoms. The van der Waals surface area contributed by atoms with E-state index < -0.39 is 0 Å². The maximum atomic E-state index is 4.42. The summed E-state index contributed by atoms with van der Waals surface area (Å²) in [5, 5.41) is 7.79. The molecule has 0 aliphatic carbocycles. The largest absolute Gasteiger partial charge is 0.370 e. The molecule has 1 N–H and O–H groups in total. The molecule has 1 aliphatic rings. The number of benzene rings is 1. The molecule has 88 valence electrons. The Hall–Kier alpha value is -1.77. The van der Waals surface area contributed by atoms with Gasteiger partial charge >= 0.3 is 0 Å². The number of anilines is 1. The predicted octanol–water partition coefficient (Wildman–Crippen LogP) is 2.90. The normalized spacial score (nSPS) is 18.6. The van der Waals surface area contributed by atoms with Crippen molar-refractivity contribution in [2.75, 3.05) is 11.9 Å². The van der Waals surface area contributed by atoms with Crippen molar-refractivity contribution in [1.82, 2.24) is 9.78 Å². The van der Waals surface area contributed by atoms with E-state index in [-0.39, 0.29) is 0 Å². The fourth-order valence-electron chi connectivity index (χ4n) is 2.44. The van der Waals surface area contributed by atoms with Crippen LogP contribution in [-0.4, -0.2) is 16.3 Å². The average molecular weight is 227 g/mol. The number of nitrogens with zero attached hydrogens (tertiary/aromatic N) is 2. The second-order valence-corrected chi connectivity index (χ2v) is 4.74. The third kappa shape index (κ3) is 1.71. The van der Waals surface area contributed by atoms with Gasteiger partial charge in [0.2, 0.25) is 0 Å². The highest BCUT2D eigenvalue weighted by Gasteiger charge is 2.21. The highest BCUT2D eigenvalue weighted by Crippen LogP contribution is 2.29. The molecule has 3 rings (SSSR count). The molecule has 0 saturated heterocycles. The van der Waals surface area contributed by atoms with Gasteiger partial charge in [0.1, 0.15) is 5.82 Å². The Balaban J connectivity index is 2.03. The van der Waals surface area contributed by atoms with Crippen molar-refractivity contribution in [3.05, 3.63) is 47.2 Å². The van der Waals surface area contributed by atoms with Crippen LogP contribution in [0.4, 0.5) is 5.82 Å². The van der Waals surface area contributed by atoms with Gasteiger partial charge in [-0.25, -0.2) is 4.68 Å². The molecular formula is C14H17N3. The minimum absolute atomic E-state index is 0.376. The maximum Gasteiger partial charge on any atom is 0.124 e. The van der Waals surface area contributed by atoms with Gasteiger partial charge in [-0.1, -0.05) is 18.2 Å². The van der Waals surface area contributed by atoms with E-state index in [4.69, 9.17) is 0 Å². The molecule has 3 heteroatoms. The van der Waals surface area contributed by atoms with Gasteiger partial charge in [0, 0.05) is 12.6 Å². The van der Waals surface area contributed by atoms with Crippen LogP contribution >= 0.6 is 0 Å². The molecule has 0 bridgehead atoms. The number of fused-ring (bicyclic) bond motifs is 1. The lowest BCUT2D eigenvalue weighted by Gasteiger charge is -2.26. The molecule has 1 aliphatic heterocycles. The van der Waals surface area contributed by atoms with Crippen molar-refractivity contribution in [3.63, 3.8) is 0 Å². The van der Waals surface area contributed by atoms with Crippen LogP contribution in [0.3, 0.4) is 0 Å². The molecule has 17 heavy (non-hydrogen) atoms. The Morgan fingerprint density at radius 1 is 1.24 bits per heavy atom. The van der Waals surface area contributed by atoms with E-state index in [9.17, 15) is 0 Å². The fraction of sp³-hybridized carbons (Fsp3) is 0.357. The van der Waals surface area contributed by atoms with Crippen molar-refractivity contribution in [1.29, 1.82) is 0 Å². The molecule has 0 radical (unpaired) electrons. The summed E-state index contributed by atoms with van der Waals surface area (Å²) in [6, 6.07) is 9.13. The topological polar surface area (TPSA) is 29.9 Å². The Bertz CT molecular complexity index is 542. The summed E-state index contributed by atoms with van der Waals surface area (Å²) in [5.41, 5.74) is 4.07. The molecule has 1 aromatic heterocycles. The van der Waals surface area contributed by atoms with Crippen LogP contribution in [0, 0.1) is 13.8 Å². The van der Waals surface area contributed by atoms with Gasteiger partial charge in [-0.05, 0) is 37.0 Å². The molecule has 2 heterocycles. The molecular weight excluding hydrogens is 210 g/mol. The lowest BCUT2D eigenvalue weighted by molar-refractivity contribution is 0.482. The van der Waals surface area contributed by atoms with Crippen LogP contribution in [0.5, 0.6) is 0 Å². The van der Waals surface area contributed by atoms with Gasteiger partial charge < -0.3 is 5.32 Å². The van der Waals surface area contributed by atoms with Crippen LogP contribution in [0.15, 0.2) is 30.5 Å². The van der Waals surface area contributed by atoms with Crippen molar-refractivity contribution >= 4 is 5.82 Å². The minimum Gasteiger partial charge on any atom is -0.370 e.